The molecule has 0 radical (unpaired) electrons. The molecule has 0 fully saturated rings. The van der Waals surface area contributed by atoms with Crippen LogP contribution < -0.4 is 10.5 Å². The van der Waals surface area contributed by atoms with Gasteiger partial charge in [0.25, 0.3) is 0 Å². The fraction of sp³-hybridized carbons (Fsp3) is 0.312. The van der Waals surface area contributed by atoms with Crippen LogP contribution in [0.25, 0.3) is 0 Å². The summed E-state index contributed by atoms with van der Waals surface area (Å²) in [7, 11) is 0. The summed E-state index contributed by atoms with van der Waals surface area (Å²) in [5.41, 5.74) is 9.77. The molecule has 0 aliphatic heterocycles. The molecule has 0 unspecified atom stereocenters. The van der Waals surface area contributed by atoms with Gasteiger partial charge in [-0.3, -0.25) is 0 Å². The Morgan fingerprint density at radius 2 is 1.84 bits per heavy atom. The van der Waals surface area contributed by atoms with E-state index in [2.05, 4.69) is 37.0 Å². The van der Waals surface area contributed by atoms with Gasteiger partial charge in [-0.25, -0.2) is 4.98 Å². The molecule has 0 amide bonds. The first-order valence-corrected chi connectivity index (χ1v) is 6.48. The number of hydrogen-bond acceptors (Lipinski definition) is 3. The van der Waals surface area contributed by atoms with Crippen molar-refractivity contribution in [2.24, 2.45) is 0 Å². The second-order valence-corrected chi connectivity index (χ2v) is 5.16. The van der Waals surface area contributed by atoms with Crippen LogP contribution in [0.5, 0.6) is 11.6 Å². The maximum Gasteiger partial charge on any atom is 0.219 e. The second-order valence-electron chi connectivity index (χ2n) is 5.16. The Morgan fingerprint density at radius 1 is 1.11 bits per heavy atom. The van der Waals surface area contributed by atoms with Crippen LogP contribution in [0.2, 0.25) is 0 Å². The van der Waals surface area contributed by atoms with Crippen LogP contribution in [0.1, 0.15) is 36.5 Å². The molecule has 19 heavy (non-hydrogen) atoms. The van der Waals surface area contributed by atoms with Gasteiger partial charge in [0.15, 0.2) is 0 Å². The zero-order valence-corrected chi connectivity index (χ0v) is 11.9. The lowest BCUT2D eigenvalue weighted by atomic mass is 10.0. The van der Waals surface area contributed by atoms with Crippen LogP contribution in [-0.2, 0) is 0 Å². The molecule has 1 aromatic heterocycles. The van der Waals surface area contributed by atoms with Gasteiger partial charge in [-0.1, -0.05) is 26.0 Å². The molecule has 2 rings (SSSR count). The average Bonchev–Trinajstić information content (AvgIpc) is 2.36. The average molecular weight is 256 g/mol. The Balaban J connectivity index is 2.31. The highest BCUT2D eigenvalue weighted by molar-refractivity contribution is 5.47. The third kappa shape index (κ3) is 3.05. The molecule has 0 bridgehead atoms. The minimum absolute atomic E-state index is 0.476. The van der Waals surface area contributed by atoms with E-state index in [9.17, 15) is 0 Å². The molecule has 0 aliphatic carbocycles. The molecule has 1 heterocycles. The highest BCUT2D eigenvalue weighted by Gasteiger charge is 2.07. The molecular formula is C16H20N2O. The van der Waals surface area contributed by atoms with E-state index in [1.807, 2.05) is 19.9 Å². The number of aryl methyl sites for hydroxylation is 2. The van der Waals surface area contributed by atoms with Gasteiger partial charge in [-0.2, -0.15) is 0 Å². The molecule has 3 nitrogen and oxygen atoms in total. The number of nitrogens with zero attached hydrogens (tertiary/aromatic N) is 1. The summed E-state index contributed by atoms with van der Waals surface area (Å²) in [5, 5.41) is 0. The van der Waals surface area contributed by atoms with Crippen LogP contribution in [0.3, 0.4) is 0 Å². The predicted molar refractivity (Wildman–Crippen MR) is 78.7 cm³/mol. The first-order chi connectivity index (χ1) is 8.97. The largest absolute Gasteiger partial charge is 0.439 e. The lowest BCUT2D eigenvalue weighted by molar-refractivity contribution is 0.458. The number of rotatable bonds is 3. The maximum atomic E-state index is 5.87. The van der Waals surface area contributed by atoms with Crippen molar-refractivity contribution in [2.75, 3.05) is 5.73 Å². The zero-order chi connectivity index (χ0) is 14.0. The van der Waals surface area contributed by atoms with Gasteiger partial charge in [0, 0.05) is 6.07 Å². The van der Waals surface area contributed by atoms with Crippen LogP contribution >= 0.6 is 0 Å². The lowest BCUT2D eigenvalue weighted by Crippen LogP contribution is -1.96. The number of nitrogens with two attached hydrogens (primary N) is 1. The molecule has 3 heteroatoms. The minimum Gasteiger partial charge on any atom is -0.439 e. The van der Waals surface area contributed by atoms with Crippen molar-refractivity contribution in [3.05, 3.63) is 47.2 Å². The predicted octanol–water partition coefficient (Wildman–Crippen LogP) is 4.20. The van der Waals surface area contributed by atoms with Gasteiger partial charge in [-0.15, -0.1) is 0 Å². The molecule has 0 atom stereocenters. The van der Waals surface area contributed by atoms with E-state index in [-0.39, 0.29) is 0 Å². The van der Waals surface area contributed by atoms with Crippen molar-refractivity contribution in [3.8, 4) is 11.6 Å². The number of aromatic nitrogens is 1. The molecular weight excluding hydrogens is 236 g/mol. The smallest absolute Gasteiger partial charge is 0.219 e. The number of pyridine rings is 1. The quantitative estimate of drug-likeness (QED) is 0.895. The van der Waals surface area contributed by atoms with Crippen molar-refractivity contribution in [1.29, 1.82) is 0 Å². The van der Waals surface area contributed by atoms with E-state index < -0.39 is 0 Å². The molecule has 2 aromatic rings. The van der Waals surface area contributed by atoms with E-state index >= 15 is 0 Å². The highest BCUT2D eigenvalue weighted by atomic mass is 16.5. The van der Waals surface area contributed by atoms with Gasteiger partial charge in [0.1, 0.15) is 5.75 Å². The van der Waals surface area contributed by atoms with Crippen molar-refractivity contribution in [1.82, 2.24) is 4.98 Å². The van der Waals surface area contributed by atoms with E-state index in [4.69, 9.17) is 10.5 Å². The first kappa shape index (κ1) is 13.4. The summed E-state index contributed by atoms with van der Waals surface area (Å²) in [4.78, 5) is 4.20. The van der Waals surface area contributed by atoms with Crippen LogP contribution in [0.4, 0.5) is 5.69 Å². The highest BCUT2D eigenvalue weighted by Crippen LogP contribution is 2.28. The molecule has 2 N–H and O–H groups in total. The van der Waals surface area contributed by atoms with Gasteiger partial charge < -0.3 is 10.5 Å². The molecule has 100 valence electrons. The van der Waals surface area contributed by atoms with Gasteiger partial charge in [0.05, 0.1) is 11.9 Å². The Kier molecular flexibility index (Phi) is 3.74. The first-order valence-electron chi connectivity index (χ1n) is 6.48. The topological polar surface area (TPSA) is 48.1 Å². The molecule has 0 aliphatic rings. The van der Waals surface area contributed by atoms with Crippen LogP contribution in [-0.4, -0.2) is 4.98 Å². The second kappa shape index (κ2) is 5.31. The third-order valence-corrected chi connectivity index (χ3v) is 3.22. The van der Waals surface area contributed by atoms with E-state index in [0.29, 0.717) is 17.5 Å². The monoisotopic (exact) mass is 256 g/mol. The van der Waals surface area contributed by atoms with Crippen molar-refractivity contribution in [3.63, 3.8) is 0 Å². The van der Waals surface area contributed by atoms with Crippen molar-refractivity contribution < 1.29 is 4.74 Å². The summed E-state index contributed by atoms with van der Waals surface area (Å²) >= 11 is 0. The molecule has 1 aromatic carbocycles. The van der Waals surface area contributed by atoms with E-state index in [0.717, 1.165) is 16.9 Å². The standard InChI is InChI=1S/C16H20N2O/c1-10(2)13-6-5-11(3)15(8-13)19-16-7-12(4)14(17)9-18-16/h5-10H,17H2,1-4H3. The van der Waals surface area contributed by atoms with Crippen molar-refractivity contribution >= 4 is 5.69 Å². The number of anilines is 1. The number of ether oxygens (including phenoxy) is 1. The lowest BCUT2D eigenvalue weighted by Gasteiger charge is -2.12. The Labute approximate surface area is 114 Å². The van der Waals surface area contributed by atoms with Gasteiger partial charge in [-0.05, 0) is 42.5 Å². The molecule has 0 spiro atoms. The molecule has 0 saturated heterocycles. The number of benzene rings is 1. The normalized spacial score (nSPS) is 10.8. The summed E-state index contributed by atoms with van der Waals surface area (Å²) in [6.07, 6.45) is 1.63. The minimum atomic E-state index is 0.476. The summed E-state index contributed by atoms with van der Waals surface area (Å²) in [6, 6.07) is 8.15. The maximum absolute atomic E-state index is 5.87. The SMILES string of the molecule is Cc1cc(Oc2cc(C(C)C)ccc2C)ncc1N. The third-order valence-electron chi connectivity index (χ3n) is 3.22. The fourth-order valence-corrected chi connectivity index (χ4v) is 1.80. The number of nitrogen functional groups attached to an aromatic ring is 1. The van der Waals surface area contributed by atoms with Crippen LogP contribution in [0.15, 0.2) is 30.5 Å². The Bertz CT molecular complexity index is 591. The van der Waals surface area contributed by atoms with Crippen LogP contribution in [0, 0.1) is 13.8 Å². The summed E-state index contributed by atoms with van der Waals surface area (Å²) in [5.74, 6) is 1.91. The van der Waals surface area contributed by atoms with Gasteiger partial charge >= 0.3 is 0 Å². The van der Waals surface area contributed by atoms with Gasteiger partial charge in [0.2, 0.25) is 5.88 Å². The van der Waals surface area contributed by atoms with Crippen molar-refractivity contribution in [2.45, 2.75) is 33.6 Å². The van der Waals surface area contributed by atoms with E-state index in [1.165, 1.54) is 5.56 Å². The summed E-state index contributed by atoms with van der Waals surface area (Å²) in [6.45, 7) is 8.31. The Hall–Kier alpha value is -2.03. The summed E-state index contributed by atoms with van der Waals surface area (Å²) < 4.78 is 5.87. The Morgan fingerprint density at radius 3 is 2.47 bits per heavy atom. The number of hydrogen-bond donors (Lipinski definition) is 1. The fourth-order valence-electron chi connectivity index (χ4n) is 1.80. The van der Waals surface area contributed by atoms with E-state index in [1.54, 1.807) is 6.20 Å². The zero-order valence-electron chi connectivity index (χ0n) is 11.9. The molecule has 0 saturated carbocycles.